The topological polar surface area (TPSA) is 22.4 Å². The van der Waals surface area contributed by atoms with Gasteiger partial charge < -0.3 is 8.98 Å². The average Bonchev–Trinajstić information content (AvgIpc) is 3.63. The van der Waals surface area contributed by atoms with E-state index in [4.69, 9.17) is 11.0 Å². The lowest BCUT2D eigenvalue weighted by molar-refractivity contribution is 0.671. The second-order valence-corrected chi connectivity index (χ2v) is 11.2. The Morgan fingerprint density at radius 2 is 1.09 bits per heavy atom. The van der Waals surface area contributed by atoms with Gasteiger partial charge in [-0.15, -0.1) is 0 Å². The molecule has 2 heterocycles. The van der Waals surface area contributed by atoms with Gasteiger partial charge in [0.25, 0.3) is 0 Å². The predicted octanol–water partition coefficient (Wildman–Crippen LogP) is 11.7. The average molecular weight is 561 g/mol. The number of para-hydroxylation sites is 3. The van der Waals surface area contributed by atoms with Gasteiger partial charge in [0.2, 0.25) is 5.69 Å². The first-order valence-electron chi connectivity index (χ1n) is 14.7. The van der Waals surface area contributed by atoms with Crippen LogP contribution in [0.1, 0.15) is 0 Å². The van der Waals surface area contributed by atoms with Crippen LogP contribution >= 0.6 is 0 Å². The minimum Gasteiger partial charge on any atom is -0.467 e. The summed E-state index contributed by atoms with van der Waals surface area (Å²) in [4.78, 5) is 3.86. The minimum atomic E-state index is 0.530. The molecule has 0 aliphatic rings. The van der Waals surface area contributed by atoms with E-state index in [9.17, 15) is 0 Å². The first kappa shape index (κ1) is 24.5. The van der Waals surface area contributed by atoms with Gasteiger partial charge in [0, 0.05) is 27.2 Å². The molecule has 3 heteroatoms. The third-order valence-corrected chi connectivity index (χ3v) is 8.81. The van der Waals surface area contributed by atoms with Crippen molar-refractivity contribution >= 4 is 60.2 Å². The zero-order chi connectivity index (χ0) is 29.2. The second-order valence-electron chi connectivity index (χ2n) is 11.2. The van der Waals surface area contributed by atoms with Crippen LogP contribution in [0.4, 0.5) is 5.69 Å². The molecule has 9 aromatic rings. The quantitative estimate of drug-likeness (QED) is 0.197. The lowest BCUT2D eigenvalue weighted by Gasteiger charge is -2.13. The Labute approximate surface area is 253 Å². The second kappa shape index (κ2) is 9.46. The van der Waals surface area contributed by atoms with Crippen LogP contribution in [-0.4, -0.2) is 4.57 Å². The third-order valence-electron chi connectivity index (χ3n) is 8.81. The fourth-order valence-corrected chi connectivity index (χ4v) is 6.85. The first-order chi connectivity index (χ1) is 21.8. The van der Waals surface area contributed by atoms with Gasteiger partial charge in [0.05, 0.1) is 17.6 Å². The van der Waals surface area contributed by atoms with Crippen LogP contribution < -0.4 is 0 Å². The molecule has 2 aromatic heterocycles. The van der Waals surface area contributed by atoms with Crippen LogP contribution in [0.5, 0.6) is 0 Å². The summed E-state index contributed by atoms with van der Waals surface area (Å²) in [5, 5.41) is 6.80. The normalized spacial score (nSPS) is 11.6. The molecule has 3 nitrogen and oxygen atoms in total. The van der Waals surface area contributed by atoms with Gasteiger partial charge in [-0.25, -0.2) is 4.85 Å². The number of nitrogens with zero attached hydrogens (tertiary/aromatic N) is 2. The molecule has 0 saturated heterocycles. The van der Waals surface area contributed by atoms with E-state index in [0.29, 0.717) is 11.3 Å². The molecular formula is C41H24N2O. The van der Waals surface area contributed by atoms with Crippen LogP contribution in [0.15, 0.2) is 150 Å². The molecule has 0 bridgehead atoms. The van der Waals surface area contributed by atoms with E-state index in [-0.39, 0.29) is 0 Å². The van der Waals surface area contributed by atoms with Crippen molar-refractivity contribution in [2.45, 2.75) is 0 Å². The van der Waals surface area contributed by atoms with E-state index < -0.39 is 0 Å². The first-order valence-corrected chi connectivity index (χ1v) is 14.7. The Kier molecular flexibility index (Phi) is 5.26. The number of aromatic nitrogens is 1. The largest absolute Gasteiger partial charge is 0.467 e. The molecular weight excluding hydrogens is 536 g/mol. The van der Waals surface area contributed by atoms with E-state index in [0.717, 1.165) is 38.6 Å². The summed E-state index contributed by atoms with van der Waals surface area (Å²) in [6.45, 7) is 7.91. The van der Waals surface area contributed by atoms with Gasteiger partial charge in [-0.2, -0.15) is 0 Å². The van der Waals surface area contributed by atoms with E-state index in [1.165, 1.54) is 38.3 Å². The van der Waals surface area contributed by atoms with Gasteiger partial charge in [-0.05, 0) is 81.6 Å². The van der Waals surface area contributed by atoms with Crippen molar-refractivity contribution < 1.29 is 4.42 Å². The van der Waals surface area contributed by atoms with Crippen LogP contribution in [0.25, 0.3) is 87.3 Å². The van der Waals surface area contributed by atoms with Crippen molar-refractivity contribution in [2.75, 3.05) is 0 Å². The number of fused-ring (bicyclic) bond motifs is 7. The highest BCUT2D eigenvalue weighted by molar-refractivity contribution is 6.14. The number of furan rings is 1. The summed E-state index contributed by atoms with van der Waals surface area (Å²) in [5.41, 5.74) is 9.99. The molecule has 0 unspecified atom stereocenters. The maximum absolute atomic E-state index is 7.91. The zero-order valence-electron chi connectivity index (χ0n) is 23.7. The van der Waals surface area contributed by atoms with Crippen LogP contribution in [-0.2, 0) is 0 Å². The highest BCUT2D eigenvalue weighted by Crippen LogP contribution is 2.43. The molecule has 0 fully saturated rings. The van der Waals surface area contributed by atoms with E-state index in [1.54, 1.807) is 0 Å². The lowest BCUT2D eigenvalue weighted by Crippen LogP contribution is -1.93. The summed E-state index contributed by atoms with van der Waals surface area (Å²) in [7, 11) is 0. The maximum atomic E-state index is 7.91. The molecule has 0 aliphatic carbocycles. The number of hydrogen-bond acceptors (Lipinski definition) is 1. The SMILES string of the molecule is [C-]#[N+]c1cc(-c2ccc(-c3ccc4c(c3)c3ccccc3n4-c3ccccc3)c3ccccc23)cc2c1oc1ccccc12. The monoisotopic (exact) mass is 560 g/mol. The minimum absolute atomic E-state index is 0.530. The Bertz CT molecular complexity index is 2620. The molecule has 9 rings (SSSR count). The molecule has 204 valence electrons. The molecule has 0 amide bonds. The van der Waals surface area contributed by atoms with E-state index in [2.05, 4.69) is 131 Å². The fraction of sp³-hybridized carbons (Fsp3) is 0. The zero-order valence-corrected chi connectivity index (χ0v) is 23.7. The summed E-state index contributed by atoms with van der Waals surface area (Å²) in [5.74, 6) is 0. The number of rotatable bonds is 3. The molecule has 0 saturated carbocycles. The fourth-order valence-electron chi connectivity index (χ4n) is 6.85. The molecule has 7 aromatic carbocycles. The predicted molar refractivity (Wildman–Crippen MR) is 183 cm³/mol. The highest BCUT2D eigenvalue weighted by Gasteiger charge is 2.17. The van der Waals surface area contributed by atoms with Crippen LogP contribution in [0, 0.1) is 6.57 Å². The van der Waals surface area contributed by atoms with Gasteiger partial charge in [0.15, 0.2) is 0 Å². The smallest absolute Gasteiger partial charge is 0.230 e. The summed E-state index contributed by atoms with van der Waals surface area (Å²) >= 11 is 0. The van der Waals surface area contributed by atoms with Crippen molar-refractivity contribution in [3.63, 3.8) is 0 Å². The van der Waals surface area contributed by atoms with E-state index >= 15 is 0 Å². The third kappa shape index (κ3) is 3.55. The lowest BCUT2D eigenvalue weighted by atomic mass is 9.91. The molecule has 0 spiro atoms. The Balaban J connectivity index is 1.26. The van der Waals surface area contributed by atoms with Gasteiger partial charge in [-0.1, -0.05) is 97.1 Å². The van der Waals surface area contributed by atoms with Crippen molar-refractivity contribution in [2.24, 2.45) is 0 Å². The maximum Gasteiger partial charge on any atom is 0.230 e. The summed E-state index contributed by atoms with van der Waals surface area (Å²) in [6, 6.07) is 51.2. The summed E-state index contributed by atoms with van der Waals surface area (Å²) < 4.78 is 8.46. The number of hydrogen-bond donors (Lipinski definition) is 0. The van der Waals surface area contributed by atoms with Gasteiger partial charge >= 0.3 is 0 Å². The van der Waals surface area contributed by atoms with E-state index in [1.807, 2.05) is 24.3 Å². The standard InChI is InChI=1S/C41H24N2O/c1-42-37-25-27(24-36-34-16-8-10-18-40(34)44-41(36)37)30-21-20-29(31-13-5-6-14-32(30)31)26-19-22-39-35(23-26)33-15-7-9-17-38(33)43(39)28-11-3-2-4-12-28/h2-25H. The number of benzene rings is 7. The van der Waals surface area contributed by atoms with Crippen LogP contribution in [0.3, 0.4) is 0 Å². The Morgan fingerprint density at radius 1 is 0.477 bits per heavy atom. The molecule has 44 heavy (non-hydrogen) atoms. The molecule has 0 radical (unpaired) electrons. The summed E-state index contributed by atoms with van der Waals surface area (Å²) in [6.07, 6.45) is 0. The van der Waals surface area contributed by atoms with Crippen molar-refractivity contribution in [1.82, 2.24) is 4.57 Å². The Morgan fingerprint density at radius 3 is 1.86 bits per heavy atom. The van der Waals surface area contributed by atoms with Gasteiger partial charge in [0.1, 0.15) is 11.2 Å². The Hall–Kier alpha value is -6.11. The van der Waals surface area contributed by atoms with Crippen LogP contribution in [0.2, 0.25) is 0 Å². The van der Waals surface area contributed by atoms with Crippen molar-refractivity contribution in [3.8, 4) is 27.9 Å². The molecule has 0 atom stereocenters. The van der Waals surface area contributed by atoms with Gasteiger partial charge in [-0.3, -0.25) is 0 Å². The molecule has 0 aliphatic heterocycles. The highest BCUT2D eigenvalue weighted by atomic mass is 16.3. The van der Waals surface area contributed by atoms with Crippen molar-refractivity contribution in [1.29, 1.82) is 0 Å². The molecule has 0 N–H and O–H groups in total. The van der Waals surface area contributed by atoms with Crippen molar-refractivity contribution in [3.05, 3.63) is 157 Å².